The Bertz CT molecular complexity index is 1080. The SMILES string of the molecule is Cl.OC1(Cc2ccccc2)CCN(CCC(c2ccccc2)(c2ccccc2)c2ccncc2)CC1. The maximum Gasteiger partial charge on any atom is 0.0712 e. The Kier molecular flexibility index (Phi) is 8.58. The van der Waals surface area contributed by atoms with Gasteiger partial charge in [0.1, 0.15) is 0 Å². The molecule has 0 unspecified atom stereocenters. The summed E-state index contributed by atoms with van der Waals surface area (Å²) >= 11 is 0. The van der Waals surface area contributed by atoms with Crippen molar-refractivity contribution in [3.8, 4) is 0 Å². The molecule has 0 atom stereocenters. The Morgan fingerprint density at radius 3 is 1.69 bits per heavy atom. The van der Waals surface area contributed by atoms with E-state index in [9.17, 15) is 5.11 Å². The molecule has 0 radical (unpaired) electrons. The maximum atomic E-state index is 11.3. The van der Waals surface area contributed by atoms with Crippen molar-refractivity contribution in [2.45, 2.75) is 36.7 Å². The van der Waals surface area contributed by atoms with Crippen molar-refractivity contribution in [1.82, 2.24) is 9.88 Å². The highest BCUT2D eigenvalue weighted by Crippen LogP contribution is 2.42. The fourth-order valence-electron chi connectivity index (χ4n) is 5.69. The van der Waals surface area contributed by atoms with Crippen LogP contribution in [-0.2, 0) is 11.8 Å². The summed E-state index contributed by atoms with van der Waals surface area (Å²) in [6, 6.07) is 36.4. The van der Waals surface area contributed by atoms with E-state index in [1.165, 1.54) is 22.3 Å². The van der Waals surface area contributed by atoms with Crippen molar-refractivity contribution in [3.63, 3.8) is 0 Å². The highest BCUT2D eigenvalue weighted by atomic mass is 35.5. The van der Waals surface area contributed by atoms with Gasteiger partial charge in [0.25, 0.3) is 0 Å². The number of hydrogen-bond acceptors (Lipinski definition) is 3. The summed E-state index contributed by atoms with van der Waals surface area (Å²) in [5, 5.41) is 11.3. The first-order valence-electron chi connectivity index (χ1n) is 12.7. The number of aliphatic hydroxyl groups is 1. The fraction of sp³-hybridized carbons (Fsp3) is 0.281. The van der Waals surface area contributed by atoms with Crippen LogP contribution >= 0.6 is 12.4 Å². The topological polar surface area (TPSA) is 36.4 Å². The predicted molar refractivity (Wildman–Crippen MR) is 150 cm³/mol. The third-order valence-electron chi connectivity index (χ3n) is 7.67. The van der Waals surface area contributed by atoms with E-state index in [-0.39, 0.29) is 17.8 Å². The second kappa shape index (κ2) is 11.8. The molecule has 2 heterocycles. The van der Waals surface area contributed by atoms with Gasteiger partial charge in [-0.25, -0.2) is 0 Å². The second-order valence-electron chi connectivity index (χ2n) is 9.85. The lowest BCUT2D eigenvalue weighted by molar-refractivity contribution is -0.0213. The van der Waals surface area contributed by atoms with Gasteiger partial charge in [0.05, 0.1) is 5.60 Å². The quantitative estimate of drug-likeness (QED) is 0.310. The average Bonchev–Trinajstić information content (AvgIpc) is 2.92. The van der Waals surface area contributed by atoms with E-state index in [4.69, 9.17) is 0 Å². The summed E-state index contributed by atoms with van der Waals surface area (Å²) in [4.78, 5) is 6.84. The number of piperidine rings is 1. The fourth-order valence-corrected chi connectivity index (χ4v) is 5.69. The zero-order valence-corrected chi connectivity index (χ0v) is 21.5. The smallest absolute Gasteiger partial charge is 0.0712 e. The minimum absolute atomic E-state index is 0. The largest absolute Gasteiger partial charge is 0.389 e. The van der Waals surface area contributed by atoms with Crippen LogP contribution in [0, 0.1) is 0 Å². The number of aromatic nitrogens is 1. The number of halogens is 1. The van der Waals surface area contributed by atoms with E-state index in [1.807, 2.05) is 18.5 Å². The van der Waals surface area contributed by atoms with Gasteiger partial charge >= 0.3 is 0 Å². The Hall–Kier alpha value is -2.98. The number of likely N-dealkylation sites (tertiary alicyclic amines) is 1. The summed E-state index contributed by atoms with van der Waals surface area (Å²) in [6.45, 7) is 2.80. The Morgan fingerprint density at radius 1 is 0.694 bits per heavy atom. The van der Waals surface area contributed by atoms with Gasteiger partial charge in [0.2, 0.25) is 0 Å². The van der Waals surface area contributed by atoms with Crippen LogP contribution in [0.3, 0.4) is 0 Å². The molecular formula is C32H35ClN2O. The lowest BCUT2D eigenvalue weighted by atomic mass is 9.67. The maximum absolute atomic E-state index is 11.3. The van der Waals surface area contributed by atoms with E-state index in [0.717, 1.165) is 45.3 Å². The first kappa shape index (κ1) is 26.1. The van der Waals surface area contributed by atoms with Crippen LogP contribution in [0.25, 0.3) is 0 Å². The van der Waals surface area contributed by atoms with Gasteiger partial charge in [-0.05, 0) is 60.2 Å². The molecule has 1 aromatic heterocycles. The van der Waals surface area contributed by atoms with Crippen LogP contribution in [0.5, 0.6) is 0 Å². The number of hydrogen-bond donors (Lipinski definition) is 1. The zero-order chi connectivity index (χ0) is 24.0. The van der Waals surface area contributed by atoms with Crippen LogP contribution in [0.4, 0.5) is 0 Å². The normalized spacial score (nSPS) is 15.7. The molecule has 0 amide bonds. The highest BCUT2D eigenvalue weighted by Gasteiger charge is 2.38. The van der Waals surface area contributed by atoms with Gasteiger partial charge in [-0.1, -0.05) is 91.0 Å². The molecule has 0 bridgehead atoms. The molecule has 4 aromatic rings. The minimum atomic E-state index is -0.612. The van der Waals surface area contributed by atoms with Crippen molar-refractivity contribution in [2.75, 3.05) is 19.6 Å². The predicted octanol–water partition coefficient (Wildman–Crippen LogP) is 6.30. The summed E-state index contributed by atoms with van der Waals surface area (Å²) in [5.74, 6) is 0. The Balaban J connectivity index is 0.00000304. The van der Waals surface area contributed by atoms with Crippen LogP contribution in [0.1, 0.15) is 41.5 Å². The van der Waals surface area contributed by atoms with Gasteiger partial charge in [-0.15, -0.1) is 12.4 Å². The summed E-state index contributed by atoms with van der Waals surface area (Å²) in [7, 11) is 0. The van der Waals surface area contributed by atoms with E-state index < -0.39 is 5.60 Å². The molecule has 186 valence electrons. The summed E-state index contributed by atoms with van der Waals surface area (Å²) in [6.07, 6.45) is 7.11. The first-order valence-corrected chi connectivity index (χ1v) is 12.7. The number of rotatable bonds is 8. The molecule has 5 rings (SSSR count). The van der Waals surface area contributed by atoms with Crippen LogP contribution < -0.4 is 0 Å². The van der Waals surface area contributed by atoms with Gasteiger partial charge in [0.15, 0.2) is 0 Å². The number of pyridine rings is 1. The average molecular weight is 499 g/mol. The molecule has 1 fully saturated rings. The molecule has 1 N–H and O–H groups in total. The van der Waals surface area contributed by atoms with Crippen molar-refractivity contribution >= 4 is 12.4 Å². The van der Waals surface area contributed by atoms with Crippen molar-refractivity contribution < 1.29 is 5.11 Å². The standard InChI is InChI=1S/C32H34N2O.ClH/c35-31(26-27-10-4-1-5-11-27)18-23-34(24-19-31)25-20-32(28-12-6-2-7-13-28,29-14-8-3-9-15-29)30-16-21-33-22-17-30;/h1-17,21-22,35H,18-20,23-26H2;1H. The van der Waals surface area contributed by atoms with E-state index in [2.05, 4.69) is 107 Å². The molecule has 3 nitrogen and oxygen atoms in total. The van der Waals surface area contributed by atoms with E-state index in [1.54, 1.807) is 0 Å². The van der Waals surface area contributed by atoms with Gasteiger partial charge in [-0.3, -0.25) is 4.98 Å². The zero-order valence-electron chi connectivity index (χ0n) is 20.7. The lowest BCUT2D eigenvalue weighted by Crippen LogP contribution is -2.47. The molecule has 0 spiro atoms. The molecule has 1 aliphatic rings. The van der Waals surface area contributed by atoms with Crippen molar-refractivity contribution in [3.05, 3.63) is 138 Å². The minimum Gasteiger partial charge on any atom is -0.389 e. The molecular weight excluding hydrogens is 464 g/mol. The van der Waals surface area contributed by atoms with Crippen LogP contribution in [0.15, 0.2) is 116 Å². The highest BCUT2D eigenvalue weighted by molar-refractivity contribution is 5.85. The third kappa shape index (κ3) is 5.70. The lowest BCUT2D eigenvalue weighted by Gasteiger charge is -2.41. The Labute approximate surface area is 221 Å². The molecule has 1 saturated heterocycles. The van der Waals surface area contributed by atoms with Gasteiger partial charge in [0, 0.05) is 37.3 Å². The monoisotopic (exact) mass is 498 g/mol. The molecule has 4 heteroatoms. The van der Waals surface area contributed by atoms with Gasteiger partial charge < -0.3 is 10.0 Å². The molecule has 0 saturated carbocycles. The molecule has 1 aliphatic heterocycles. The summed E-state index contributed by atoms with van der Waals surface area (Å²) in [5.41, 5.74) is 4.21. The molecule has 0 aliphatic carbocycles. The molecule has 36 heavy (non-hydrogen) atoms. The van der Waals surface area contributed by atoms with E-state index >= 15 is 0 Å². The first-order chi connectivity index (χ1) is 17.2. The number of nitrogens with zero attached hydrogens (tertiary/aromatic N) is 2. The third-order valence-corrected chi connectivity index (χ3v) is 7.67. The van der Waals surface area contributed by atoms with Crippen molar-refractivity contribution in [1.29, 1.82) is 0 Å². The molecule has 3 aromatic carbocycles. The number of benzene rings is 3. The van der Waals surface area contributed by atoms with Crippen LogP contribution in [-0.4, -0.2) is 40.2 Å². The second-order valence-corrected chi connectivity index (χ2v) is 9.85. The Morgan fingerprint density at radius 2 is 1.17 bits per heavy atom. The van der Waals surface area contributed by atoms with Gasteiger partial charge in [-0.2, -0.15) is 0 Å². The van der Waals surface area contributed by atoms with E-state index in [0.29, 0.717) is 0 Å². The van der Waals surface area contributed by atoms with Crippen LogP contribution in [0.2, 0.25) is 0 Å². The summed E-state index contributed by atoms with van der Waals surface area (Å²) < 4.78 is 0. The van der Waals surface area contributed by atoms with Crippen molar-refractivity contribution in [2.24, 2.45) is 0 Å².